The van der Waals surface area contributed by atoms with Gasteiger partial charge in [0.05, 0.1) is 13.2 Å². The van der Waals surface area contributed by atoms with Gasteiger partial charge in [0.2, 0.25) is 5.91 Å². The quantitative estimate of drug-likeness (QED) is 0.794. The van der Waals surface area contributed by atoms with E-state index in [2.05, 4.69) is 10.6 Å². The van der Waals surface area contributed by atoms with E-state index in [0.717, 1.165) is 11.1 Å². The number of carbonyl (C=O) groups excluding carboxylic acids is 2. The van der Waals surface area contributed by atoms with Gasteiger partial charge in [-0.2, -0.15) is 0 Å². The summed E-state index contributed by atoms with van der Waals surface area (Å²) in [5, 5.41) is 5.02. The highest BCUT2D eigenvalue weighted by Gasteiger charge is 2.21. The minimum atomic E-state index is -0.590. The van der Waals surface area contributed by atoms with Crippen molar-refractivity contribution in [2.75, 3.05) is 19.5 Å². The fraction of sp³-hybridized carbons (Fsp3) is 0.333. The molecule has 2 aromatic carbocycles. The van der Waals surface area contributed by atoms with Crippen LogP contribution < -0.4 is 15.4 Å². The summed E-state index contributed by atoms with van der Waals surface area (Å²) >= 11 is 0. The summed E-state index contributed by atoms with van der Waals surface area (Å²) < 4.78 is 18.7. The maximum Gasteiger partial charge on any atom is 0.325 e. The number of hydrogen-bond donors (Lipinski definition) is 2. The third-order valence-corrected chi connectivity index (χ3v) is 4.56. The third-order valence-electron chi connectivity index (χ3n) is 4.56. The van der Waals surface area contributed by atoms with Gasteiger partial charge in [0.15, 0.2) is 11.6 Å². The predicted octanol–water partition coefficient (Wildman–Crippen LogP) is 3.62. The van der Waals surface area contributed by atoms with Gasteiger partial charge in [0, 0.05) is 12.2 Å². The van der Waals surface area contributed by atoms with E-state index < -0.39 is 23.8 Å². The van der Waals surface area contributed by atoms with Crippen LogP contribution in [0.2, 0.25) is 0 Å². The van der Waals surface area contributed by atoms with Crippen LogP contribution >= 0.6 is 0 Å². The first-order chi connectivity index (χ1) is 13.2. The highest BCUT2D eigenvalue weighted by Crippen LogP contribution is 2.19. The summed E-state index contributed by atoms with van der Waals surface area (Å²) in [4.78, 5) is 26.2. The van der Waals surface area contributed by atoms with Gasteiger partial charge in [0.1, 0.15) is 0 Å². The van der Waals surface area contributed by atoms with Gasteiger partial charge < -0.3 is 10.1 Å². The normalized spacial score (nSPS) is 11.8. The summed E-state index contributed by atoms with van der Waals surface area (Å²) in [6.45, 7) is 5.87. The first-order valence-corrected chi connectivity index (χ1v) is 8.93. The SMILES string of the molecule is COc1ccc(CN(C)C(C)C(=O)NC(=O)Nc2ccc(C)cc2C)cc1F. The van der Waals surface area contributed by atoms with Crippen molar-refractivity contribution in [3.63, 3.8) is 0 Å². The maximum absolute atomic E-state index is 13.8. The van der Waals surface area contributed by atoms with Crippen LogP contribution in [0.25, 0.3) is 0 Å². The average Bonchev–Trinajstić information content (AvgIpc) is 2.63. The van der Waals surface area contributed by atoms with Gasteiger partial charge in [-0.05, 0) is 57.1 Å². The molecular weight excluding hydrogens is 361 g/mol. The molecule has 150 valence electrons. The Morgan fingerprint density at radius 3 is 2.50 bits per heavy atom. The number of hydrogen-bond acceptors (Lipinski definition) is 4. The van der Waals surface area contributed by atoms with Gasteiger partial charge in [-0.3, -0.25) is 15.0 Å². The number of nitrogens with one attached hydrogen (secondary N) is 2. The number of anilines is 1. The lowest BCUT2D eigenvalue weighted by atomic mass is 10.1. The van der Waals surface area contributed by atoms with Crippen LogP contribution in [-0.2, 0) is 11.3 Å². The van der Waals surface area contributed by atoms with Crippen molar-refractivity contribution in [3.05, 3.63) is 58.9 Å². The van der Waals surface area contributed by atoms with Crippen molar-refractivity contribution in [1.29, 1.82) is 0 Å². The second kappa shape index (κ2) is 9.32. The van der Waals surface area contributed by atoms with E-state index in [0.29, 0.717) is 17.8 Å². The Kier molecular flexibility index (Phi) is 7.12. The molecule has 28 heavy (non-hydrogen) atoms. The summed E-state index contributed by atoms with van der Waals surface area (Å²) in [5.41, 5.74) is 3.34. The van der Waals surface area contributed by atoms with E-state index in [9.17, 15) is 14.0 Å². The lowest BCUT2D eigenvalue weighted by Crippen LogP contribution is -2.46. The Hall–Kier alpha value is -2.93. The van der Waals surface area contributed by atoms with Crippen LogP contribution in [0.1, 0.15) is 23.6 Å². The van der Waals surface area contributed by atoms with Crippen molar-refractivity contribution < 1.29 is 18.7 Å². The molecule has 0 heterocycles. The van der Waals surface area contributed by atoms with Crippen LogP contribution in [0.3, 0.4) is 0 Å². The number of methoxy groups -OCH3 is 1. The largest absolute Gasteiger partial charge is 0.494 e. The number of likely N-dealkylation sites (N-methyl/N-ethyl adjacent to an activating group) is 1. The van der Waals surface area contributed by atoms with Gasteiger partial charge in [0.25, 0.3) is 0 Å². The van der Waals surface area contributed by atoms with Gasteiger partial charge in [-0.25, -0.2) is 9.18 Å². The average molecular weight is 387 g/mol. The molecule has 6 nitrogen and oxygen atoms in total. The molecular formula is C21H26FN3O3. The number of aryl methyl sites for hydroxylation is 2. The number of urea groups is 1. The van der Waals surface area contributed by atoms with Crippen LogP contribution in [0.4, 0.5) is 14.9 Å². The minimum absolute atomic E-state index is 0.167. The number of amides is 3. The van der Waals surface area contributed by atoms with Crippen molar-refractivity contribution in [3.8, 4) is 5.75 Å². The third kappa shape index (κ3) is 5.53. The molecule has 7 heteroatoms. The molecule has 0 spiro atoms. The molecule has 0 radical (unpaired) electrons. The molecule has 0 aromatic heterocycles. The van der Waals surface area contributed by atoms with Crippen LogP contribution in [0, 0.1) is 19.7 Å². The Morgan fingerprint density at radius 1 is 1.18 bits per heavy atom. The molecule has 0 saturated heterocycles. The molecule has 2 aromatic rings. The second-order valence-electron chi connectivity index (χ2n) is 6.82. The number of imide groups is 1. The van der Waals surface area contributed by atoms with Crippen molar-refractivity contribution >= 4 is 17.6 Å². The lowest BCUT2D eigenvalue weighted by Gasteiger charge is -2.24. The number of benzene rings is 2. The Balaban J connectivity index is 1.93. The Labute approximate surface area is 164 Å². The lowest BCUT2D eigenvalue weighted by molar-refractivity contribution is -0.124. The maximum atomic E-state index is 13.8. The topological polar surface area (TPSA) is 70.7 Å². The van der Waals surface area contributed by atoms with E-state index in [1.807, 2.05) is 26.0 Å². The van der Waals surface area contributed by atoms with Gasteiger partial charge in [-0.1, -0.05) is 23.8 Å². The van der Waals surface area contributed by atoms with Gasteiger partial charge >= 0.3 is 6.03 Å². The van der Waals surface area contributed by atoms with Crippen LogP contribution in [-0.4, -0.2) is 37.0 Å². The Bertz CT molecular complexity index is 870. The minimum Gasteiger partial charge on any atom is -0.494 e. The number of carbonyl (C=O) groups is 2. The standard InChI is InChI=1S/C21H26FN3O3/c1-13-6-8-18(14(2)10-13)23-21(27)24-20(26)15(3)25(4)12-16-7-9-19(28-5)17(22)11-16/h6-11,15H,12H2,1-5H3,(H2,23,24,26,27). The van der Waals surface area contributed by atoms with E-state index >= 15 is 0 Å². The first kappa shape index (κ1) is 21.4. The molecule has 2 rings (SSSR count). The van der Waals surface area contributed by atoms with Crippen LogP contribution in [0.15, 0.2) is 36.4 Å². The van der Waals surface area contributed by atoms with Crippen molar-refractivity contribution in [1.82, 2.24) is 10.2 Å². The summed E-state index contributed by atoms with van der Waals surface area (Å²) in [7, 11) is 3.13. The number of halogens is 1. The molecule has 0 bridgehead atoms. The summed E-state index contributed by atoms with van der Waals surface area (Å²) in [6.07, 6.45) is 0. The highest BCUT2D eigenvalue weighted by molar-refractivity contribution is 6.03. The molecule has 0 aliphatic heterocycles. The van der Waals surface area contributed by atoms with Gasteiger partial charge in [-0.15, -0.1) is 0 Å². The Morgan fingerprint density at radius 2 is 1.89 bits per heavy atom. The predicted molar refractivity (Wildman–Crippen MR) is 107 cm³/mol. The van der Waals surface area contributed by atoms with E-state index in [-0.39, 0.29) is 5.75 Å². The first-order valence-electron chi connectivity index (χ1n) is 8.93. The molecule has 1 unspecified atom stereocenters. The summed E-state index contributed by atoms with van der Waals surface area (Å²) in [5.74, 6) is -0.739. The molecule has 3 amide bonds. The van der Waals surface area contributed by atoms with Crippen LogP contribution in [0.5, 0.6) is 5.75 Å². The van der Waals surface area contributed by atoms with Crippen molar-refractivity contribution in [2.24, 2.45) is 0 Å². The fourth-order valence-electron chi connectivity index (χ4n) is 2.76. The fourth-order valence-corrected chi connectivity index (χ4v) is 2.76. The monoisotopic (exact) mass is 387 g/mol. The molecule has 0 fully saturated rings. The molecule has 0 aliphatic rings. The molecule has 1 atom stereocenters. The van der Waals surface area contributed by atoms with Crippen molar-refractivity contribution in [2.45, 2.75) is 33.4 Å². The zero-order valence-electron chi connectivity index (χ0n) is 16.8. The van der Waals surface area contributed by atoms with E-state index in [4.69, 9.17) is 4.74 Å². The molecule has 2 N–H and O–H groups in total. The molecule has 0 saturated carbocycles. The highest BCUT2D eigenvalue weighted by atomic mass is 19.1. The van der Waals surface area contributed by atoms with E-state index in [1.54, 1.807) is 37.1 Å². The molecule has 0 aliphatic carbocycles. The number of ether oxygens (including phenoxy) is 1. The smallest absolute Gasteiger partial charge is 0.325 e. The zero-order chi connectivity index (χ0) is 20.8. The zero-order valence-corrected chi connectivity index (χ0v) is 16.8. The summed E-state index contributed by atoms with van der Waals surface area (Å²) in [6, 6.07) is 9.09. The number of nitrogens with zero attached hydrogens (tertiary/aromatic N) is 1. The van der Waals surface area contributed by atoms with E-state index in [1.165, 1.54) is 13.2 Å². The second-order valence-corrected chi connectivity index (χ2v) is 6.82. The number of rotatable bonds is 6.